The molecule has 9 aromatic carbocycles. The molecule has 0 bridgehead atoms. The molecule has 0 fully saturated rings. The van der Waals surface area contributed by atoms with Gasteiger partial charge in [-0.15, -0.1) is 0 Å². The highest BCUT2D eigenvalue weighted by atomic mass is 15.1. The van der Waals surface area contributed by atoms with Crippen LogP contribution in [0.1, 0.15) is 28.8 Å². The van der Waals surface area contributed by atoms with E-state index >= 15 is 0 Å². The van der Waals surface area contributed by atoms with Gasteiger partial charge in [0.2, 0.25) is 0 Å². The van der Waals surface area contributed by atoms with Crippen molar-refractivity contribution in [3.63, 3.8) is 0 Å². The maximum absolute atomic E-state index is 9.67. The number of nitriles is 2. The number of nitrogens with zero attached hydrogens (tertiary/aromatic N) is 6. The number of hydrogen-bond donors (Lipinski definition) is 0. The lowest BCUT2D eigenvalue weighted by Gasteiger charge is -2.26. The van der Waals surface area contributed by atoms with Gasteiger partial charge in [-0.25, -0.2) is 0 Å². The average molecular weight is 871 g/mol. The maximum atomic E-state index is 9.67. The molecule has 0 aliphatic heterocycles. The second-order valence-corrected chi connectivity index (χ2v) is 17.1. The number of aryl methyl sites for hydroxylation is 1. The molecule has 6 nitrogen and oxygen atoms in total. The molecule has 0 amide bonds. The van der Waals surface area contributed by atoms with E-state index in [1.165, 1.54) is 27.5 Å². The Bertz CT molecular complexity index is 3780. The summed E-state index contributed by atoms with van der Waals surface area (Å²) in [5.41, 5.74) is 17.8. The lowest BCUT2D eigenvalue weighted by Crippen LogP contribution is -2.10. The first-order valence-electron chi connectivity index (χ1n) is 22.9. The Labute approximate surface area is 395 Å². The minimum atomic E-state index is 0.616. The summed E-state index contributed by atoms with van der Waals surface area (Å²) in [7, 11) is 0. The van der Waals surface area contributed by atoms with Crippen LogP contribution in [0, 0.1) is 22.7 Å². The van der Waals surface area contributed by atoms with Gasteiger partial charge in [0.15, 0.2) is 0 Å². The van der Waals surface area contributed by atoms with E-state index in [0.29, 0.717) is 11.1 Å². The van der Waals surface area contributed by atoms with E-state index < -0.39 is 0 Å². The lowest BCUT2D eigenvalue weighted by molar-refractivity contribution is 0.967. The molecule has 2 aromatic heterocycles. The summed E-state index contributed by atoms with van der Waals surface area (Å²) in [5, 5.41) is 22.9. The Morgan fingerprint density at radius 3 is 1.34 bits per heavy atom. The third kappa shape index (κ3) is 6.97. The molecule has 68 heavy (non-hydrogen) atoms. The number of benzene rings is 9. The van der Waals surface area contributed by atoms with Gasteiger partial charge < -0.3 is 18.9 Å². The van der Waals surface area contributed by atoms with Crippen molar-refractivity contribution in [1.82, 2.24) is 9.13 Å². The SMILES string of the molecule is N#Cc1ccc(N(c2ccc(-c3ccc(N(c4ccc(C#N)cc4)c4ccc5c(c4)c4ccccc4n5-c4ccccc4)cc3)cc2)c2ccc3c(c2)c2c(n3-c3ccccc3)C=CCC2)cc1. The highest BCUT2D eigenvalue weighted by Gasteiger charge is 2.22. The second kappa shape index (κ2) is 16.9. The molecule has 0 saturated carbocycles. The van der Waals surface area contributed by atoms with E-state index in [4.69, 9.17) is 0 Å². The van der Waals surface area contributed by atoms with E-state index in [1.807, 2.05) is 48.5 Å². The van der Waals surface area contributed by atoms with Crippen molar-refractivity contribution in [2.75, 3.05) is 9.80 Å². The van der Waals surface area contributed by atoms with Gasteiger partial charge in [-0.2, -0.15) is 10.5 Å². The molecule has 0 saturated heterocycles. The molecule has 320 valence electrons. The summed E-state index contributed by atoms with van der Waals surface area (Å²) in [6, 6.07) is 80.8. The summed E-state index contributed by atoms with van der Waals surface area (Å²) in [4.78, 5) is 4.54. The number of allylic oxidation sites excluding steroid dienone is 1. The van der Waals surface area contributed by atoms with Crippen LogP contribution in [0.2, 0.25) is 0 Å². The molecule has 11 aromatic rings. The van der Waals surface area contributed by atoms with E-state index in [9.17, 15) is 10.5 Å². The van der Waals surface area contributed by atoms with E-state index in [0.717, 1.165) is 85.9 Å². The second-order valence-electron chi connectivity index (χ2n) is 17.1. The Kier molecular flexibility index (Phi) is 9.98. The van der Waals surface area contributed by atoms with Crippen LogP contribution in [0.3, 0.4) is 0 Å². The molecule has 0 radical (unpaired) electrons. The van der Waals surface area contributed by atoms with Gasteiger partial charge in [-0.1, -0.05) is 84.9 Å². The molecule has 0 N–H and O–H groups in total. The zero-order valence-electron chi connectivity index (χ0n) is 37.0. The summed E-state index contributed by atoms with van der Waals surface area (Å²) in [5.74, 6) is 0. The topological polar surface area (TPSA) is 63.9 Å². The molecule has 1 aliphatic rings. The third-order valence-electron chi connectivity index (χ3n) is 13.2. The molecule has 2 heterocycles. The molecule has 1 aliphatic carbocycles. The van der Waals surface area contributed by atoms with Crippen LogP contribution in [-0.4, -0.2) is 9.13 Å². The molecule has 6 heteroatoms. The number of rotatable bonds is 9. The predicted molar refractivity (Wildman–Crippen MR) is 279 cm³/mol. The zero-order valence-corrected chi connectivity index (χ0v) is 37.0. The monoisotopic (exact) mass is 870 g/mol. The largest absolute Gasteiger partial charge is 0.310 e. The number of para-hydroxylation sites is 3. The Morgan fingerprint density at radius 1 is 0.382 bits per heavy atom. The van der Waals surface area contributed by atoms with Crippen molar-refractivity contribution >= 4 is 72.9 Å². The quantitative estimate of drug-likeness (QED) is 0.145. The molecular formula is C62H42N6. The van der Waals surface area contributed by atoms with E-state index in [-0.39, 0.29) is 0 Å². The van der Waals surface area contributed by atoms with Crippen LogP contribution >= 0.6 is 0 Å². The highest BCUT2D eigenvalue weighted by Crippen LogP contribution is 2.43. The van der Waals surface area contributed by atoms with Crippen LogP contribution in [0.15, 0.2) is 224 Å². The van der Waals surface area contributed by atoms with Crippen LogP contribution in [-0.2, 0) is 6.42 Å². The maximum Gasteiger partial charge on any atom is 0.0991 e. The fourth-order valence-electron chi connectivity index (χ4n) is 10.0. The Hall–Kier alpha value is -9.36. The molecular weight excluding hydrogens is 829 g/mol. The number of fused-ring (bicyclic) bond motifs is 6. The fourth-order valence-corrected chi connectivity index (χ4v) is 10.0. The smallest absolute Gasteiger partial charge is 0.0991 e. The van der Waals surface area contributed by atoms with Crippen molar-refractivity contribution in [3.05, 3.63) is 247 Å². The van der Waals surface area contributed by atoms with Crippen LogP contribution < -0.4 is 9.80 Å². The van der Waals surface area contributed by atoms with Gasteiger partial charge in [0.1, 0.15) is 0 Å². The van der Waals surface area contributed by atoms with E-state index in [1.54, 1.807) is 0 Å². The number of anilines is 6. The van der Waals surface area contributed by atoms with Crippen molar-refractivity contribution in [2.24, 2.45) is 0 Å². The van der Waals surface area contributed by atoms with Crippen LogP contribution in [0.4, 0.5) is 34.1 Å². The van der Waals surface area contributed by atoms with Crippen molar-refractivity contribution in [3.8, 4) is 34.6 Å². The summed E-state index contributed by atoms with van der Waals surface area (Å²) >= 11 is 0. The lowest BCUT2D eigenvalue weighted by atomic mass is 10.00. The summed E-state index contributed by atoms with van der Waals surface area (Å²) in [6.07, 6.45) is 6.54. The van der Waals surface area contributed by atoms with Gasteiger partial charge in [-0.3, -0.25) is 0 Å². The standard InChI is InChI=1S/C62H42N6/c63-41-43-19-27-49(28-20-43)65(53-35-37-61-57(39-53)55-15-7-9-17-59(55)67(61)47-11-3-1-4-12-47)51-31-23-45(24-32-51)46-25-33-52(34-26-46)66(50-29-21-44(42-64)22-30-50)54-36-38-62-58(40-54)56-16-8-10-18-60(56)68(62)48-13-5-2-6-14-48/h1-7,9-15,17-40H,8,16H2. The Morgan fingerprint density at radius 2 is 0.809 bits per heavy atom. The normalized spacial score (nSPS) is 11.9. The first-order valence-corrected chi connectivity index (χ1v) is 22.9. The molecule has 0 unspecified atom stereocenters. The summed E-state index contributed by atoms with van der Waals surface area (Å²) in [6.45, 7) is 0. The Balaban J connectivity index is 0.913. The first kappa shape index (κ1) is 40.2. The first-order chi connectivity index (χ1) is 33.6. The molecule has 0 spiro atoms. The average Bonchev–Trinajstić information content (AvgIpc) is 3.92. The summed E-state index contributed by atoms with van der Waals surface area (Å²) < 4.78 is 4.71. The zero-order chi connectivity index (χ0) is 45.6. The van der Waals surface area contributed by atoms with Gasteiger partial charge in [-0.05, 0) is 175 Å². The van der Waals surface area contributed by atoms with Gasteiger partial charge in [0, 0.05) is 67.4 Å². The van der Waals surface area contributed by atoms with Crippen molar-refractivity contribution < 1.29 is 0 Å². The highest BCUT2D eigenvalue weighted by molar-refractivity contribution is 6.10. The van der Waals surface area contributed by atoms with E-state index in [2.05, 4.69) is 213 Å². The van der Waals surface area contributed by atoms with Gasteiger partial charge >= 0.3 is 0 Å². The predicted octanol–water partition coefficient (Wildman–Crippen LogP) is 16.0. The fraction of sp³-hybridized carbons (Fsp3) is 0.0323. The number of aromatic nitrogens is 2. The minimum Gasteiger partial charge on any atom is -0.310 e. The van der Waals surface area contributed by atoms with Crippen LogP contribution in [0.25, 0.3) is 61.3 Å². The van der Waals surface area contributed by atoms with Crippen molar-refractivity contribution in [2.45, 2.75) is 12.8 Å². The number of hydrogen-bond acceptors (Lipinski definition) is 4. The molecule has 0 atom stereocenters. The minimum absolute atomic E-state index is 0.616. The molecule has 12 rings (SSSR count). The van der Waals surface area contributed by atoms with Crippen molar-refractivity contribution in [1.29, 1.82) is 10.5 Å². The van der Waals surface area contributed by atoms with Gasteiger partial charge in [0.25, 0.3) is 0 Å². The van der Waals surface area contributed by atoms with Crippen LogP contribution in [0.5, 0.6) is 0 Å². The van der Waals surface area contributed by atoms with Gasteiger partial charge in [0.05, 0.1) is 39.8 Å². The third-order valence-corrected chi connectivity index (χ3v) is 13.2.